The zero-order chi connectivity index (χ0) is 17.3. The first-order valence-corrected chi connectivity index (χ1v) is 8.52. The van der Waals surface area contributed by atoms with Crippen LogP contribution in [0.15, 0.2) is 35.5 Å². The van der Waals surface area contributed by atoms with Gasteiger partial charge in [0.1, 0.15) is 11.8 Å². The lowest BCUT2D eigenvalue weighted by atomic mass is 10.1. The van der Waals surface area contributed by atoms with Gasteiger partial charge in [-0.3, -0.25) is 10.0 Å². The highest BCUT2D eigenvalue weighted by atomic mass is 32.2. The van der Waals surface area contributed by atoms with Crippen molar-refractivity contribution in [2.45, 2.75) is 23.9 Å². The lowest BCUT2D eigenvalue weighted by Crippen LogP contribution is -2.51. The van der Waals surface area contributed by atoms with Crippen LogP contribution in [0.5, 0.6) is 5.75 Å². The molecule has 0 spiro atoms. The molecule has 0 fully saturated rings. The van der Waals surface area contributed by atoms with Gasteiger partial charge < -0.3 is 9.72 Å². The molecule has 9 nitrogen and oxygen atoms in total. The van der Waals surface area contributed by atoms with E-state index in [0.29, 0.717) is 17.1 Å². The maximum Gasteiger partial charge on any atom is 0.262 e. The molecule has 3 N–H and O–H groups in total. The molecule has 128 valence electrons. The Hall–Kier alpha value is -2.43. The fourth-order valence-electron chi connectivity index (χ4n) is 2.65. The van der Waals surface area contributed by atoms with Crippen LogP contribution >= 0.6 is 0 Å². The van der Waals surface area contributed by atoms with Crippen molar-refractivity contribution in [2.75, 3.05) is 7.11 Å². The van der Waals surface area contributed by atoms with Gasteiger partial charge in [-0.15, -0.1) is 0 Å². The number of imidazole rings is 1. The van der Waals surface area contributed by atoms with Crippen molar-refractivity contribution in [3.8, 4) is 5.75 Å². The number of aromatic nitrogens is 2. The molecule has 10 heteroatoms. The Bertz CT molecular complexity index is 846. The van der Waals surface area contributed by atoms with Crippen LogP contribution in [0.2, 0.25) is 0 Å². The minimum Gasteiger partial charge on any atom is -0.497 e. The third kappa shape index (κ3) is 2.75. The van der Waals surface area contributed by atoms with Crippen LogP contribution in [-0.2, 0) is 27.8 Å². The number of carbonyl (C=O) groups is 1. The van der Waals surface area contributed by atoms with Gasteiger partial charge >= 0.3 is 0 Å². The topological polar surface area (TPSA) is 125 Å². The molecule has 0 saturated heterocycles. The monoisotopic (exact) mass is 352 g/mol. The van der Waals surface area contributed by atoms with E-state index in [9.17, 15) is 13.2 Å². The highest BCUT2D eigenvalue weighted by molar-refractivity contribution is 7.89. The lowest BCUT2D eigenvalue weighted by molar-refractivity contribution is -0.133. The lowest BCUT2D eigenvalue weighted by Gasteiger charge is -2.32. The number of aromatic amines is 1. The molecule has 1 unspecified atom stereocenters. The second kappa shape index (κ2) is 6.23. The highest BCUT2D eigenvalue weighted by Crippen LogP contribution is 2.28. The Labute approximate surface area is 138 Å². The van der Waals surface area contributed by atoms with Crippen molar-refractivity contribution in [3.05, 3.63) is 42.0 Å². The molecule has 1 aromatic carbocycles. The maximum atomic E-state index is 12.9. The van der Waals surface area contributed by atoms with Crippen LogP contribution in [0.1, 0.15) is 11.4 Å². The Balaban J connectivity index is 2.01. The number of fused-ring (bicyclic) bond motifs is 1. The predicted molar refractivity (Wildman–Crippen MR) is 81.7 cm³/mol. The molecule has 1 atom stereocenters. The minimum atomic E-state index is -3.95. The van der Waals surface area contributed by atoms with E-state index in [1.807, 2.05) is 0 Å². The maximum absolute atomic E-state index is 12.9. The second-order valence-corrected chi connectivity index (χ2v) is 7.14. The summed E-state index contributed by atoms with van der Waals surface area (Å²) in [5.74, 6) is -0.283. The van der Waals surface area contributed by atoms with E-state index in [1.165, 1.54) is 43.2 Å². The van der Waals surface area contributed by atoms with Crippen LogP contribution in [0.25, 0.3) is 0 Å². The fourth-order valence-corrected chi connectivity index (χ4v) is 4.20. The first-order valence-electron chi connectivity index (χ1n) is 7.08. The third-order valence-electron chi connectivity index (χ3n) is 3.93. The zero-order valence-electron chi connectivity index (χ0n) is 12.8. The number of H-pyrrole nitrogens is 1. The molecule has 1 amide bonds. The molecule has 1 aliphatic rings. The van der Waals surface area contributed by atoms with Crippen LogP contribution in [-0.4, -0.2) is 47.0 Å². The van der Waals surface area contributed by atoms with Crippen molar-refractivity contribution in [1.82, 2.24) is 19.8 Å². The average molecular weight is 352 g/mol. The van der Waals surface area contributed by atoms with Crippen molar-refractivity contribution in [2.24, 2.45) is 0 Å². The Morgan fingerprint density at radius 3 is 2.75 bits per heavy atom. The molecule has 0 radical (unpaired) electrons. The number of amides is 1. The van der Waals surface area contributed by atoms with Crippen LogP contribution in [0.4, 0.5) is 0 Å². The number of nitrogens with zero attached hydrogens (tertiary/aromatic N) is 2. The molecular weight excluding hydrogens is 336 g/mol. The molecule has 2 heterocycles. The number of sulfonamides is 1. The quantitative estimate of drug-likeness (QED) is 0.527. The number of ether oxygens (including phenoxy) is 1. The molecule has 3 rings (SSSR count). The summed E-state index contributed by atoms with van der Waals surface area (Å²) in [7, 11) is -2.47. The van der Waals surface area contributed by atoms with Gasteiger partial charge in [-0.05, 0) is 24.3 Å². The van der Waals surface area contributed by atoms with Crippen molar-refractivity contribution in [3.63, 3.8) is 0 Å². The highest BCUT2D eigenvalue weighted by Gasteiger charge is 2.40. The van der Waals surface area contributed by atoms with Gasteiger partial charge in [0.25, 0.3) is 5.91 Å². The van der Waals surface area contributed by atoms with E-state index >= 15 is 0 Å². The first-order chi connectivity index (χ1) is 11.5. The Morgan fingerprint density at radius 2 is 2.12 bits per heavy atom. The van der Waals surface area contributed by atoms with Gasteiger partial charge in [-0.1, -0.05) is 0 Å². The van der Waals surface area contributed by atoms with Crippen LogP contribution < -0.4 is 10.2 Å². The van der Waals surface area contributed by atoms with Crippen molar-refractivity contribution < 1.29 is 23.2 Å². The summed E-state index contributed by atoms with van der Waals surface area (Å²) in [5.41, 5.74) is 2.75. The summed E-state index contributed by atoms with van der Waals surface area (Å²) >= 11 is 0. The minimum absolute atomic E-state index is 0.0296. The molecule has 0 aliphatic carbocycles. The summed E-state index contributed by atoms with van der Waals surface area (Å²) in [6, 6.07) is 4.78. The Morgan fingerprint density at radius 1 is 1.42 bits per heavy atom. The predicted octanol–water partition coefficient (Wildman–Crippen LogP) is 0.0393. The van der Waals surface area contributed by atoms with E-state index in [-0.39, 0.29) is 17.9 Å². The van der Waals surface area contributed by atoms with Gasteiger partial charge in [-0.2, -0.15) is 4.31 Å². The number of hydrogen-bond donors (Lipinski definition) is 3. The van der Waals surface area contributed by atoms with Gasteiger partial charge in [0.15, 0.2) is 0 Å². The molecule has 0 bridgehead atoms. The molecule has 0 saturated carbocycles. The van der Waals surface area contributed by atoms with E-state index in [1.54, 1.807) is 0 Å². The number of nitrogens with one attached hydrogen (secondary N) is 2. The van der Waals surface area contributed by atoms with E-state index in [0.717, 1.165) is 4.31 Å². The molecule has 1 aromatic heterocycles. The van der Waals surface area contributed by atoms with Gasteiger partial charge in [0.05, 0.1) is 36.3 Å². The van der Waals surface area contributed by atoms with Crippen LogP contribution in [0.3, 0.4) is 0 Å². The number of methoxy groups -OCH3 is 1. The zero-order valence-corrected chi connectivity index (χ0v) is 13.6. The summed E-state index contributed by atoms with van der Waals surface area (Å²) in [4.78, 5) is 18.9. The molecule has 1 aliphatic heterocycles. The second-order valence-electron chi connectivity index (χ2n) is 5.25. The summed E-state index contributed by atoms with van der Waals surface area (Å²) in [6.07, 6.45) is 1.52. The summed E-state index contributed by atoms with van der Waals surface area (Å²) in [5, 5.41) is 8.94. The average Bonchev–Trinajstić information content (AvgIpc) is 3.07. The Kier molecular flexibility index (Phi) is 4.26. The first kappa shape index (κ1) is 16.4. The number of hydrogen-bond acceptors (Lipinski definition) is 6. The molecular formula is C14H16N4O5S. The van der Waals surface area contributed by atoms with Gasteiger partial charge in [0.2, 0.25) is 10.0 Å². The summed E-state index contributed by atoms with van der Waals surface area (Å²) in [6.45, 7) is -0.0399. The molecule has 2 aromatic rings. The van der Waals surface area contributed by atoms with Gasteiger partial charge in [-0.25, -0.2) is 18.9 Å². The van der Waals surface area contributed by atoms with Crippen molar-refractivity contribution in [1.29, 1.82) is 0 Å². The number of carbonyl (C=O) groups excluding carboxylic acids is 1. The molecule has 24 heavy (non-hydrogen) atoms. The standard InChI is InChI=1S/C14H16N4O5S/c1-23-9-2-4-10(5-3-9)24(21,22)18-7-12-11(15-8-16-12)6-13(18)14(19)17-20/h2-5,8,13,20H,6-7H2,1H3,(H,15,16)(H,17,19). The number of hydroxylamine groups is 1. The summed E-state index contributed by atoms with van der Waals surface area (Å²) < 4.78 is 31.9. The van der Waals surface area contributed by atoms with Crippen molar-refractivity contribution >= 4 is 15.9 Å². The largest absolute Gasteiger partial charge is 0.497 e. The fraction of sp³-hybridized carbons (Fsp3) is 0.286. The normalized spacial score (nSPS) is 18.0. The van der Waals surface area contributed by atoms with Crippen LogP contribution in [0, 0.1) is 0 Å². The van der Waals surface area contributed by atoms with E-state index < -0.39 is 22.0 Å². The number of rotatable bonds is 4. The van der Waals surface area contributed by atoms with E-state index in [4.69, 9.17) is 9.94 Å². The smallest absolute Gasteiger partial charge is 0.262 e. The van der Waals surface area contributed by atoms with E-state index in [2.05, 4.69) is 9.97 Å². The SMILES string of the molecule is COc1ccc(S(=O)(=O)N2Cc3[nH]cnc3CC2C(=O)NO)cc1. The van der Waals surface area contributed by atoms with Gasteiger partial charge in [0, 0.05) is 6.42 Å². The third-order valence-corrected chi connectivity index (χ3v) is 5.80. The number of benzene rings is 1.